The van der Waals surface area contributed by atoms with Gasteiger partial charge in [0.05, 0.1) is 23.3 Å². The van der Waals surface area contributed by atoms with Crippen molar-refractivity contribution in [2.45, 2.75) is 38.2 Å². The van der Waals surface area contributed by atoms with Crippen molar-refractivity contribution in [1.29, 1.82) is 0 Å². The molecule has 1 N–H and O–H groups in total. The molecule has 0 atom stereocenters. The maximum absolute atomic E-state index is 12.5. The number of sulfonamides is 1. The minimum absolute atomic E-state index is 0. The molecule has 1 aromatic heterocycles. The summed E-state index contributed by atoms with van der Waals surface area (Å²) in [6.07, 6.45) is 0.810. The van der Waals surface area contributed by atoms with E-state index in [9.17, 15) is 8.42 Å². The molecule has 0 aliphatic heterocycles. The van der Waals surface area contributed by atoms with Crippen molar-refractivity contribution in [2.75, 3.05) is 11.3 Å². The Kier molecular flexibility index (Phi) is 8.68. The van der Waals surface area contributed by atoms with Gasteiger partial charge < -0.3 is 4.74 Å². The zero-order valence-electron chi connectivity index (χ0n) is 13.2. The van der Waals surface area contributed by atoms with E-state index >= 15 is 0 Å². The van der Waals surface area contributed by atoms with Gasteiger partial charge in [-0.15, -0.1) is 11.3 Å². The van der Waals surface area contributed by atoms with E-state index in [0.29, 0.717) is 28.7 Å². The Morgan fingerprint density at radius 1 is 1.38 bits per heavy atom. The van der Waals surface area contributed by atoms with Crippen molar-refractivity contribution in [1.82, 2.24) is 4.98 Å². The van der Waals surface area contributed by atoms with Crippen LogP contribution in [0, 0.1) is 6.92 Å². The van der Waals surface area contributed by atoms with Gasteiger partial charge in [-0.3, -0.25) is 4.72 Å². The molecule has 0 bridgehead atoms. The number of aromatic nitrogens is 1. The molecule has 9 heteroatoms. The number of ether oxygens (including phenoxy) is 1. The second-order valence-corrected chi connectivity index (χ2v) is 8.20. The Labute approximate surface area is 174 Å². The van der Waals surface area contributed by atoms with Crippen LogP contribution in [0.5, 0.6) is 0 Å². The molecule has 0 radical (unpaired) electrons. The van der Waals surface area contributed by atoms with Gasteiger partial charge in [0.1, 0.15) is 0 Å². The van der Waals surface area contributed by atoms with Crippen LogP contribution >= 0.6 is 22.9 Å². The van der Waals surface area contributed by atoms with Gasteiger partial charge in [0.25, 0.3) is 10.0 Å². The number of halogens is 1. The van der Waals surface area contributed by atoms with Crippen molar-refractivity contribution in [2.24, 2.45) is 0 Å². The molecule has 5 nitrogen and oxygen atoms in total. The predicted molar refractivity (Wildman–Crippen MR) is 101 cm³/mol. The third-order valence-corrected chi connectivity index (χ3v) is 5.92. The van der Waals surface area contributed by atoms with E-state index in [4.69, 9.17) is 16.3 Å². The van der Waals surface area contributed by atoms with Crippen molar-refractivity contribution >= 4 is 67.6 Å². The van der Waals surface area contributed by atoms with Gasteiger partial charge in [-0.25, -0.2) is 13.4 Å². The molecule has 24 heavy (non-hydrogen) atoms. The summed E-state index contributed by atoms with van der Waals surface area (Å²) < 4.78 is 32.9. The van der Waals surface area contributed by atoms with Gasteiger partial charge in [0.2, 0.25) is 0 Å². The first-order valence-corrected chi connectivity index (χ1v) is 9.87. The summed E-state index contributed by atoms with van der Waals surface area (Å²) in [6.45, 7) is 6.16. The van der Waals surface area contributed by atoms with E-state index in [1.165, 1.54) is 17.4 Å². The number of anilines is 1. The second kappa shape index (κ2) is 9.52. The zero-order valence-corrected chi connectivity index (χ0v) is 15.6. The monoisotopic (exact) mass is 398 g/mol. The number of rotatable bonds is 7. The molecule has 2 rings (SSSR count). The summed E-state index contributed by atoms with van der Waals surface area (Å²) >= 11 is 7.24. The van der Waals surface area contributed by atoms with E-state index in [1.54, 1.807) is 19.1 Å². The third-order valence-electron chi connectivity index (χ3n) is 3.09. The summed E-state index contributed by atoms with van der Waals surface area (Å²) in [6, 6.07) is 4.79. The van der Waals surface area contributed by atoms with E-state index in [1.807, 2.05) is 19.2 Å². The van der Waals surface area contributed by atoms with Crippen molar-refractivity contribution < 1.29 is 13.2 Å². The van der Waals surface area contributed by atoms with E-state index in [2.05, 4.69) is 9.71 Å². The molecule has 0 aliphatic carbocycles. The molecule has 1 heterocycles. The zero-order chi connectivity index (χ0) is 17.0. The summed E-state index contributed by atoms with van der Waals surface area (Å²) in [5.41, 5.74) is 1.32. The van der Waals surface area contributed by atoms with Crippen LogP contribution in [0.2, 0.25) is 5.02 Å². The van der Waals surface area contributed by atoms with Crippen molar-refractivity contribution in [3.8, 4) is 0 Å². The van der Waals surface area contributed by atoms with Crippen LogP contribution in [-0.4, -0.2) is 55.7 Å². The predicted octanol–water partition coefficient (Wildman–Crippen LogP) is 3.22. The Morgan fingerprint density at radius 3 is 2.75 bits per heavy atom. The quantitative estimate of drug-likeness (QED) is 0.727. The number of nitrogens with one attached hydrogen (secondary N) is 1. The molecular formula is C15H20ClN2NaO3S2. The molecule has 2 aromatic rings. The van der Waals surface area contributed by atoms with Gasteiger partial charge in [-0.05, 0) is 38.5 Å². The normalized spacial score (nSPS) is 11.4. The minimum atomic E-state index is -3.70. The summed E-state index contributed by atoms with van der Waals surface area (Å²) in [5, 5.41) is 2.58. The van der Waals surface area contributed by atoms with Crippen LogP contribution in [-0.2, 0) is 21.2 Å². The summed E-state index contributed by atoms with van der Waals surface area (Å²) in [5.74, 6) is 0. The fourth-order valence-corrected chi connectivity index (χ4v) is 4.41. The molecule has 0 saturated heterocycles. The van der Waals surface area contributed by atoms with Crippen LogP contribution in [0.1, 0.15) is 25.1 Å². The van der Waals surface area contributed by atoms with Crippen LogP contribution in [0.3, 0.4) is 0 Å². The molecule has 0 spiro atoms. The van der Waals surface area contributed by atoms with Gasteiger partial charge in [0.15, 0.2) is 5.13 Å². The molecule has 128 valence electrons. The number of thiazole rings is 1. The number of benzene rings is 1. The van der Waals surface area contributed by atoms with Crippen LogP contribution < -0.4 is 4.72 Å². The van der Waals surface area contributed by atoms with E-state index in [-0.39, 0.29) is 40.6 Å². The van der Waals surface area contributed by atoms with Crippen LogP contribution in [0.15, 0.2) is 28.5 Å². The van der Waals surface area contributed by atoms with E-state index in [0.717, 1.165) is 5.69 Å². The first-order valence-electron chi connectivity index (χ1n) is 7.13. The maximum atomic E-state index is 12.5. The van der Waals surface area contributed by atoms with Crippen LogP contribution in [0.25, 0.3) is 0 Å². The van der Waals surface area contributed by atoms with Crippen molar-refractivity contribution in [3.05, 3.63) is 39.9 Å². The fourth-order valence-electron chi connectivity index (χ4n) is 1.92. The first kappa shape index (κ1) is 21.9. The molecule has 0 aliphatic rings. The standard InChI is InChI=1S/C15H19ClN2O3S2.Na.H/c1-10(2)21-8-7-12-9-22-15(17-12)18-23(19,20)14-6-4-5-13(16)11(14)3;;/h4-6,9-10H,7-8H2,1-3H3,(H,17,18);;. The van der Waals surface area contributed by atoms with Crippen molar-refractivity contribution in [3.63, 3.8) is 0 Å². The van der Waals surface area contributed by atoms with Gasteiger partial charge in [0, 0.05) is 16.8 Å². The van der Waals surface area contributed by atoms with Gasteiger partial charge in [-0.2, -0.15) is 0 Å². The molecule has 0 unspecified atom stereocenters. The third kappa shape index (κ3) is 5.98. The number of nitrogens with zero attached hydrogens (tertiary/aromatic N) is 1. The average molecular weight is 399 g/mol. The molecule has 0 fully saturated rings. The molecule has 0 saturated carbocycles. The molecular weight excluding hydrogens is 379 g/mol. The SMILES string of the molecule is Cc1c(Cl)cccc1S(=O)(=O)Nc1nc(CCOC(C)C)cs1.[NaH]. The Hall–Kier alpha value is -0.150. The van der Waals surface area contributed by atoms with Crippen LogP contribution in [0.4, 0.5) is 5.13 Å². The van der Waals surface area contributed by atoms with E-state index < -0.39 is 10.0 Å². The number of hydrogen-bond acceptors (Lipinski definition) is 5. The Balaban J connectivity index is 0.00000288. The second-order valence-electron chi connectivity index (χ2n) is 5.28. The topological polar surface area (TPSA) is 68.3 Å². The van der Waals surface area contributed by atoms with Gasteiger partial charge in [-0.1, -0.05) is 17.7 Å². The summed E-state index contributed by atoms with van der Waals surface area (Å²) in [4.78, 5) is 4.44. The summed E-state index contributed by atoms with van der Waals surface area (Å²) in [7, 11) is -3.70. The fraction of sp³-hybridized carbons (Fsp3) is 0.400. The molecule has 0 amide bonds. The Bertz CT molecular complexity index is 779. The van der Waals surface area contributed by atoms with Gasteiger partial charge >= 0.3 is 29.6 Å². The average Bonchev–Trinajstić information content (AvgIpc) is 2.88. The number of hydrogen-bond donors (Lipinski definition) is 1. The first-order chi connectivity index (χ1) is 10.8. The Morgan fingerprint density at radius 2 is 2.08 bits per heavy atom. The molecule has 1 aromatic carbocycles.